The Bertz CT molecular complexity index is 562. The molecule has 0 bridgehead atoms. The fourth-order valence-corrected chi connectivity index (χ4v) is 4.92. The molecule has 6 heteroatoms. The maximum absolute atomic E-state index is 12.4. The first-order valence-corrected chi connectivity index (χ1v) is 8.28. The van der Waals surface area contributed by atoms with Gasteiger partial charge in [0.2, 0.25) is 0 Å². The first-order valence-electron chi connectivity index (χ1n) is 5.64. The Kier molecular flexibility index (Phi) is 4.02. The molecule has 0 unspecified atom stereocenters. The largest absolute Gasteiger partial charge is 0.253 e. The zero-order valence-electron chi connectivity index (χ0n) is 10.0. The molecule has 0 aliphatic heterocycles. The van der Waals surface area contributed by atoms with Crippen LogP contribution in [0.4, 0.5) is 0 Å². The molecule has 1 saturated carbocycles. The summed E-state index contributed by atoms with van der Waals surface area (Å²) in [6, 6.07) is 1.61. The van der Waals surface area contributed by atoms with Crippen molar-refractivity contribution in [1.82, 2.24) is 4.31 Å². The third-order valence-corrected chi connectivity index (χ3v) is 6.67. The summed E-state index contributed by atoms with van der Waals surface area (Å²) in [5.41, 5.74) is 0.785. The molecule has 0 saturated heterocycles. The molecule has 0 atom stereocenters. The number of rotatable bonds is 5. The molecule has 0 radical (unpaired) electrons. The molecular weight excluding hydrogens is 290 g/mol. The van der Waals surface area contributed by atoms with E-state index >= 15 is 0 Å². The number of nitrogens with zero attached hydrogens (tertiary/aromatic N) is 1. The number of aryl methyl sites for hydroxylation is 1. The first-order chi connectivity index (χ1) is 8.45. The van der Waals surface area contributed by atoms with Crippen molar-refractivity contribution in [3.05, 3.63) is 16.0 Å². The van der Waals surface area contributed by atoms with E-state index in [1.165, 1.54) is 4.31 Å². The van der Waals surface area contributed by atoms with Gasteiger partial charge in [-0.1, -0.05) is 17.5 Å². The summed E-state index contributed by atoms with van der Waals surface area (Å²) in [6.07, 6.45) is 7.42. The van der Waals surface area contributed by atoms with Gasteiger partial charge in [0.25, 0.3) is 10.0 Å². The van der Waals surface area contributed by atoms with Crippen molar-refractivity contribution in [3.8, 4) is 12.3 Å². The number of halogens is 1. The molecule has 0 N–H and O–H groups in total. The lowest BCUT2D eigenvalue weighted by molar-refractivity contribution is 0.431. The van der Waals surface area contributed by atoms with Crippen molar-refractivity contribution in [1.29, 1.82) is 0 Å². The van der Waals surface area contributed by atoms with Crippen LogP contribution in [-0.4, -0.2) is 25.8 Å². The van der Waals surface area contributed by atoms with Gasteiger partial charge < -0.3 is 0 Å². The van der Waals surface area contributed by atoms with Gasteiger partial charge in [-0.3, -0.25) is 0 Å². The van der Waals surface area contributed by atoms with Gasteiger partial charge in [0, 0.05) is 6.54 Å². The minimum atomic E-state index is -3.50. The van der Waals surface area contributed by atoms with E-state index in [2.05, 4.69) is 5.92 Å². The normalized spacial score (nSPS) is 15.9. The van der Waals surface area contributed by atoms with Gasteiger partial charge in [0.05, 0.1) is 10.9 Å². The summed E-state index contributed by atoms with van der Waals surface area (Å²) in [6.45, 7) is 2.43. The lowest BCUT2D eigenvalue weighted by Crippen LogP contribution is -2.32. The predicted molar refractivity (Wildman–Crippen MR) is 74.4 cm³/mol. The van der Waals surface area contributed by atoms with Gasteiger partial charge in [-0.2, -0.15) is 4.31 Å². The van der Waals surface area contributed by atoms with Crippen LogP contribution < -0.4 is 0 Å². The smallest absolute Gasteiger partial charge is 0.206 e. The van der Waals surface area contributed by atoms with Crippen LogP contribution in [0, 0.1) is 25.2 Å². The highest BCUT2D eigenvalue weighted by Crippen LogP contribution is 2.35. The van der Waals surface area contributed by atoms with Gasteiger partial charge in [-0.05, 0) is 37.3 Å². The molecule has 1 aliphatic rings. The van der Waals surface area contributed by atoms with Gasteiger partial charge in [0.1, 0.15) is 4.21 Å². The topological polar surface area (TPSA) is 37.4 Å². The molecule has 1 heterocycles. The predicted octanol–water partition coefficient (Wildman–Crippen LogP) is 2.74. The Morgan fingerprint density at radius 2 is 2.28 bits per heavy atom. The fourth-order valence-electron chi connectivity index (χ4n) is 1.62. The van der Waals surface area contributed by atoms with Gasteiger partial charge in [-0.25, -0.2) is 8.42 Å². The van der Waals surface area contributed by atoms with Crippen LogP contribution in [0.5, 0.6) is 0 Å². The number of hydrogen-bond donors (Lipinski definition) is 0. The van der Waals surface area contributed by atoms with E-state index in [0.29, 0.717) is 16.8 Å². The minimum absolute atomic E-state index is 0.118. The zero-order chi connectivity index (χ0) is 13.3. The second-order valence-corrected chi connectivity index (χ2v) is 8.29. The monoisotopic (exact) mass is 303 g/mol. The van der Waals surface area contributed by atoms with E-state index in [0.717, 1.165) is 29.7 Å². The Hall–Kier alpha value is -0.540. The van der Waals surface area contributed by atoms with Crippen molar-refractivity contribution in [2.45, 2.75) is 24.0 Å². The lowest BCUT2D eigenvalue weighted by atomic mass is 10.4. The fraction of sp³-hybridized carbons (Fsp3) is 0.500. The second-order valence-electron chi connectivity index (χ2n) is 4.47. The summed E-state index contributed by atoms with van der Waals surface area (Å²) in [7, 11) is -3.50. The van der Waals surface area contributed by atoms with Crippen LogP contribution in [0.25, 0.3) is 0 Å². The van der Waals surface area contributed by atoms with Gasteiger partial charge in [0.15, 0.2) is 0 Å². The van der Waals surface area contributed by atoms with Gasteiger partial charge >= 0.3 is 0 Å². The summed E-state index contributed by atoms with van der Waals surface area (Å²) in [5, 5.41) is 0. The summed E-state index contributed by atoms with van der Waals surface area (Å²) in [5.74, 6) is 2.88. The molecule has 18 heavy (non-hydrogen) atoms. The molecule has 1 aliphatic carbocycles. The quantitative estimate of drug-likeness (QED) is 0.784. The Morgan fingerprint density at radius 3 is 2.72 bits per heavy atom. The molecule has 3 nitrogen and oxygen atoms in total. The van der Waals surface area contributed by atoms with Crippen molar-refractivity contribution in [2.24, 2.45) is 5.92 Å². The number of hydrogen-bond acceptors (Lipinski definition) is 3. The standard InChI is InChI=1S/C12H14ClNO2S2/c1-3-6-14(8-10-4-5-10)18(15,16)11-7-9(2)12(13)17-11/h1,7,10H,4-6,8H2,2H3. The van der Waals surface area contributed by atoms with Crippen LogP contribution in [0.15, 0.2) is 10.3 Å². The Morgan fingerprint density at radius 1 is 1.61 bits per heavy atom. The van der Waals surface area contributed by atoms with Crippen molar-refractivity contribution >= 4 is 33.0 Å². The Labute approximate surface area is 117 Å². The Balaban J connectivity index is 2.28. The van der Waals surface area contributed by atoms with E-state index in [9.17, 15) is 8.42 Å². The zero-order valence-corrected chi connectivity index (χ0v) is 12.4. The minimum Gasteiger partial charge on any atom is -0.206 e. The molecule has 1 aromatic rings. The molecular formula is C12H14ClNO2S2. The molecule has 1 fully saturated rings. The summed E-state index contributed by atoms with van der Waals surface area (Å²) in [4.78, 5) is 0. The average Bonchev–Trinajstić information content (AvgIpc) is 3.05. The van der Waals surface area contributed by atoms with Crippen molar-refractivity contribution in [3.63, 3.8) is 0 Å². The van der Waals surface area contributed by atoms with Crippen molar-refractivity contribution in [2.75, 3.05) is 13.1 Å². The van der Waals surface area contributed by atoms with Crippen LogP contribution in [0.2, 0.25) is 4.34 Å². The average molecular weight is 304 g/mol. The molecule has 0 spiro atoms. The highest BCUT2D eigenvalue weighted by molar-refractivity contribution is 7.91. The van der Waals surface area contributed by atoms with E-state index in [1.807, 2.05) is 0 Å². The van der Waals surface area contributed by atoms with E-state index in [1.54, 1.807) is 13.0 Å². The lowest BCUT2D eigenvalue weighted by Gasteiger charge is -2.18. The molecule has 2 rings (SSSR count). The van der Waals surface area contributed by atoms with Crippen LogP contribution >= 0.6 is 22.9 Å². The highest BCUT2D eigenvalue weighted by atomic mass is 35.5. The van der Waals surface area contributed by atoms with E-state index in [-0.39, 0.29) is 10.8 Å². The third kappa shape index (κ3) is 2.89. The highest BCUT2D eigenvalue weighted by Gasteiger charge is 2.32. The third-order valence-electron chi connectivity index (χ3n) is 2.86. The molecule has 0 amide bonds. The molecule has 0 aromatic carbocycles. The van der Waals surface area contributed by atoms with E-state index in [4.69, 9.17) is 18.0 Å². The van der Waals surface area contributed by atoms with Gasteiger partial charge in [-0.15, -0.1) is 17.8 Å². The summed E-state index contributed by atoms with van der Waals surface area (Å²) < 4.78 is 27.0. The SMILES string of the molecule is C#CCN(CC1CC1)S(=O)(=O)c1cc(C)c(Cl)s1. The number of terminal acetylenes is 1. The maximum atomic E-state index is 12.4. The summed E-state index contributed by atoms with van der Waals surface area (Å²) >= 11 is 7.02. The molecule has 98 valence electrons. The first kappa shape index (κ1) is 13.9. The van der Waals surface area contributed by atoms with Crippen LogP contribution in [0.1, 0.15) is 18.4 Å². The molecule has 1 aromatic heterocycles. The second kappa shape index (κ2) is 5.22. The van der Waals surface area contributed by atoms with Crippen LogP contribution in [-0.2, 0) is 10.0 Å². The maximum Gasteiger partial charge on any atom is 0.253 e. The number of sulfonamides is 1. The number of thiophene rings is 1. The van der Waals surface area contributed by atoms with Crippen molar-refractivity contribution < 1.29 is 8.42 Å². The van der Waals surface area contributed by atoms with E-state index < -0.39 is 10.0 Å². The van der Waals surface area contributed by atoms with Crippen LogP contribution in [0.3, 0.4) is 0 Å².